The minimum Gasteiger partial charge on any atom is -0.354 e. The van der Waals surface area contributed by atoms with Gasteiger partial charge < -0.3 is 5.32 Å². The van der Waals surface area contributed by atoms with Gasteiger partial charge in [0.1, 0.15) is 0 Å². The Morgan fingerprint density at radius 1 is 1.33 bits per heavy atom. The molecule has 0 bridgehead atoms. The molecule has 0 radical (unpaired) electrons. The standard InChI is InChI=1S/C13H17NO/c1-9(2)14-13(15)12-8-11(12)10-6-4-3-5-7-10/h3-7,9,11-12H,8H2,1-2H3,(H,14,15)/t11-,12+/m0/s1. The van der Waals surface area contributed by atoms with Gasteiger partial charge in [-0.1, -0.05) is 30.3 Å². The van der Waals surface area contributed by atoms with Crippen LogP contribution in [0.25, 0.3) is 0 Å². The van der Waals surface area contributed by atoms with Gasteiger partial charge >= 0.3 is 0 Å². The maximum absolute atomic E-state index is 11.7. The van der Waals surface area contributed by atoms with Crippen molar-refractivity contribution in [1.29, 1.82) is 0 Å². The molecule has 1 aromatic carbocycles. The first kappa shape index (κ1) is 10.2. The first-order chi connectivity index (χ1) is 7.18. The summed E-state index contributed by atoms with van der Waals surface area (Å²) < 4.78 is 0. The van der Waals surface area contributed by atoms with Crippen molar-refractivity contribution in [1.82, 2.24) is 5.32 Å². The summed E-state index contributed by atoms with van der Waals surface area (Å²) in [5.74, 6) is 0.860. The largest absolute Gasteiger partial charge is 0.354 e. The van der Waals surface area contributed by atoms with Crippen molar-refractivity contribution in [3.63, 3.8) is 0 Å². The fourth-order valence-corrected chi connectivity index (χ4v) is 1.94. The average Bonchev–Trinajstić information content (AvgIpc) is 2.97. The Labute approximate surface area is 90.7 Å². The van der Waals surface area contributed by atoms with Crippen LogP contribution in [0.1, 0.15) is 31.7 Å². The van der Waals surface area contributed by atoms with Crippen molar-refractivity contribution in [2.75, 3.05) is 0 Å². The molecular formula is C13H17NO. The van der Waals surface area contributed by atoms with E-state index in [0.29, 0.717) is 5.92 Å². The fraction of sp³-hybridized carbons (Fsp3) is 0.462. The smallest absolute Gasteiger partial charge is 0.223 e. The molecule has 0 aliphatic heterocycles. The highest BCUT2D eigenvalue weighted by Gasteiger charge is 2.43. The van der Waals surface area contributed by atoms with Gasteiger partial charge in [-0.2, -0.15) is 0 Å². The number of hydrogen-bond donors (Lipinski definition) is 1. The Kier molecular flexibility index (Phi) is 2.76. The predicted octanol–water partition coefficient (Wildman–Crippen LogP) is 2.31. The van der Waals surface area contributed by atoms with E-state index in [4.69, 9.17) is 0 Å². The van der Waals surface area contributed by atoms with E-state index < -0.39 is 0 Å². The van der Waals surface area contributed by atoms with E-state index in [9.17, 15) is 4.79 Å². The molecule has 2 nitrogen and oxygen atoms in total. The molecule has 0 spiro atoms. The van der Waals surface area contributed by atoms with Crippen LogP contribution in [0, 0.1) is 5.92 Å². The highest BCUT2D eigenvalue weighted by Crippen LogP contribution is 2.47. The van der Waals surface area contributed by atoms with Crippen LogP contribution in [-0.2, 0) is 4.79 Å². The summed E-state index contributed by atoms with van der Waals surface area (Å²) in [6.45, 7) is 4.00. The zero-order chi connectivity index (χ0) is 10.8. The van der Waals surface area contributed by atoms with Gasteiger partial charge in [-0.25, -0.2) is 0 Å². The van der Waals surface area contributed by atoms with Gasteiger partial charge in [-0.15, -0.1) is 0 Å². The van der Waals surface area contributed by atoms with Gasteiger partial charge in [-0.3, -0.25) is 4.79 Å². The van der Waals surface area contributed by atoms with Crippen molar-refractivity contribution in [2.24, 2.45) is 5.92 Å². The SMILES string of the molecule is CC(C)NC(=O)[C@@H]1C[C@H]1c1ccccc1. The van der Waals surface area contributed by atoms with E-state index in [2.05, 4.69) is 17.4 Å². The summed E-state index contributed by atoms with van der Waals surface area (Å²) in [7, 11) is 0. The molecule has 1 aliphatic rings. The number of benzene rings is 1. The Morgan fingerprint density at radius 2 is 2.00 bits per heavy atom. The predicted molar refractivity (Wildman–Crippen MR) is 60.6 cm³/mol. The molecule has 2 atom stereocenters. The van der Waals surface area contributed by atoms with Gasteiger partial charge in [0, 0.05) is 12.0 Å². The van der Waals surface area contributed by atoms with Crippen LogP contribution in [-0.4, -0.2) is 11.9 Å². The minimum atomic E-state index is 0.204. The Balaban J connectivity index is 1.94. The lowest BCUT2D eigenvalue weighted by Gasteiger charge is -2.07. The molecule has 1 amide bonds. The Morgan fingerprint density at radius 3 is 2.60 bits per heavy atom. The normalized spacial score (nSPS) is 23.9. The zero-order valence-corrected chi connectivity index (χ0v) is 9.23. The fourth-order valence-electron chi connectivity index (χ4n) is 1.94. The van der Waals surface area contributed by atoms with Crippen molar-refractivity contribution >= 4 is 5.91 Å². The quantitative estimate of drug-likeness (QED) is 0.802. The number of rotatable bonds is 3. The lowest BCUT2D eigenvalue weighted by molar-refractivity contribution is -0.122. The molecule has 2 rings (SSSR count). The third-order valence-electron chi connectivity index (χ3n) is 2.79. The highest BCUT2D eigenvalue weighted by molar-refractivity contribution is 5.83. The number of carbonyl (C=O) groups excluding carboxylic acids is 1. The van der Waals surface area contributed by atoms with Crippen LogP contribution in [0.2, 0.25) is 0 Å². The summed E-state index contributed by atoms with van der Waals surface area (Å²) in [6, 6.07) is 10.5. The van der Waals surface area contributed by atoms with Gasteiger partial charge in [-0.05, 0) is 31.7 Å². The molecule has 0 aromatic heterocycles. The van der Waals surface area contributed by atoms with Crippen LogP contribution >= 0.6 is 0 Å². The van der Waals surface area contributed by atoms with Gasteiger partial charge in [0.15, 0.2) is 0 Å². The third-order valence-corrected chi connectivity index (χ3v) is 2.79. The number of amides is 1. The molecule has 80 valence electrons. The summed E-state index contributed by atoms with van der Waals surface area (Å²) >= 11 is 0. The van der Waals surface area contributed by atoms with E-state index in [0.717, 1.165) is 6.42 Å². The molecule has 2 heteroatoms. The molecule has 1 aromatic rings. The van der Waals surface area contributed by atoms with E-state index in [-0.39, 0.29) is 17.9 Å². The average molecular weight is 203 g/mol. The molecule has 0 heterocycles. The van der Waals surface area contributed by atoms with Crippen LogP contribution in [0.4, 0.5) is 0 Å². The molecule has 15 heavy (non-hydrogen) atoms. The number of hydrogen-bond acceptors (Lipinski definition) is 1. The second-order valence-electron chi connectivity index (χ2n) is 4.52. The van der Waals surface area contributed by atoms with E-state index in [1.54, 1.807) is 0 Å². The highest BCUT2D eigenvalue weighted by atomic mass is 16.2. The van der Waals surface area contributed by atoms with Crippen molar-refractivity contribution < 1.29 is 4.79 Å². The second-order valence-corrected chi connectivity index (χ2v) is 4.52. The van der Waals surface area contributed by atoms with Crippen molar-refractivity contribution in [3.8, 4) is 0 Å². The maximum atomic E-state index is 11.7. The third kappa shape index (κ3) is 2.38. The summed E-state index contributed by atoms with van der Waals surface area (Å²) in [5.41, 5.74) is 1.29. The Hall–Kier alpha value is -1.31. The Bertz CT molecular complexity index is 345. The molecule has 0 unspecified atom stereocenters. The first-order valence-electron chi connectivity index (χ1n) is 5.54. The number of nitrogens with one attached hydrogen (secondary N) is 1. The molecule has 1 aliphatic carbocycles. The van der Waals surface area contributed by atoms with Gasteiger partial charge in [0.25, 0.3) is 0 Å². The molecule has 0 saturated heterocycles. The molecular weight excluding hydrogens is 186 g/mol. The zero-order valence-electron chi connectivity index (χ0n) is 9.23. The molecule has 1 fully saturated rings. The van der Waals surface area contributed by atoms with Gasteiger partial charge in [0.2, 0.25) is 5.91 Å². The summed E-state index contributed by atoms with van der Waals surface area (Å²) in [4.78, 5) is 11.7. The van der Waals surface area contributed by atoms with E-state index >= 15 is 0 Å². The topological polar surface area (TPSA) is 29.1 Å². The van der Waals surface area contributed by atoms with Gasteiger partial charge in [0.05, 0.1) is 0 Å². The number of carbonyl (C=O) groups is 1. The monoisotopic (exact) mass is 203 g/mol. The van der Waals surface area contributed by atoms with E-state index in [1.165, 1.54) is 5.56 Å². The molecule has 1 saturated carbocycles. The van der Waals surface area contributed by atoms with E-state index in [1.807, 2.05) is 32.0 Å². The molecule has 1 N–H and O–H groups in total. The van der Waals surface area contributed by atoms with Crippen LogP contribution < -0.4 is 5.32 Å². The van der Waals surface area contributed by atoms with Crippen LogP contribution in [0.3, 0.4) is 0 Å². The first-order valence-corrected chi connectivity index (χ1v) is 5.54. The lowest BCUT2D eigenvalue weighted by atomic mass is 10.1. The minimum absolute atomic E-state index is 0.204. The van der Waals surface area contributed by atoms with Crippen LogP contribution in [0.5, 0.6) is 0 Å². The van der Waals surface area contributed by atoms with Crippen molar-refractivity contribution in [3.05, 3.63) is 35.9 Å². The summed E-state index contributed by atoms with van der Waals surface area (Å²) in [6.07, 6.45) is 1.00. The maximum Gasteiger partial charge on any atom is 0.223 e. The van der Waals surface area contributed by atoms with Crippen LogP contribution in [0.15, 0.2) is 30.3 Å². The second kappa shape index (κ2) is 4.05. The van der Waals surface area contributed by atoms with Crippen molar-refractivity contribution in [2.45, 2.75) is 32.2 Å². The lowest BCUT2D eigenvalue weighted by Crippen LogP contribution is -2.31. The summed E-state index contributed by atoms with van der Waals surface area (Å²) in [5, 5.41) is 2.97.